The van der Waals surface area contributed by atoms with Gasteiger partial charge >= 0.3 is 0 Å². The number of hydrogen-bond acceptors (Lipinski definition) is 3. The zero-order valence-corrected chi connectivity index (χ0v) is 9.69. The smallest absolute Gasteiger partial charge is 0.186 e. The molecule has 0 saturated heterocycles. The SMILES string of the molecule is C[Si](C)(C)OC(C#N)c1cccnc1. The summed E-state index contributed by atoms with van der Waals surface area (Å²) in [5.74, 6) is 0. The average molecular weight is 206 g/mol. The summed E-state index contributed by atoms with van der Waals surface area (Å²) in [6.07, 6.45) is 2.89. The van der Waals surface area contributed by atoms with Crippen LogP contribution in [0.5, 0.6) is 0 Å². The molecule has 1 heterocycles. The van der Waals surface area contributed by atoms with Crippen LogP contribution in [0.25, 0.3) is 0 Å². The standard InChI is InChI=1S/C10H14N2OSi/c1-14(2,3)13-10(7-11)9-5-4-6-12-8-9/h4-6,8,10H,1-3H3. The molecule has 3 nitrogen and oxygen atoms in total. The van der Waals surface area contributed by atoms with Crippen molar-refractivity contribution in [2.45, 2.75) is 25.7 Å². The van der Waals surface area contributed by atoms with E-state index in [2.05, 4.69) is 30.7 Å². The summed E-state index contributed by atoms with van der Waals surface area (Å²) in [6, 6.07) is 5.82. The minimum absolute atomic E-state index is 0.477. The van der Waals surface area contributed by atoms with Crippen LogP contribution in [0.2, 0.25) is 19.6 Å². The van der Waals surface area contributed by atoms with Gasteiger partial charge in [0.15, 0.2) is 14.4 Å². The Labute approximate surface area is 85.5 Å². The molecular formula is C10H14N2OSi. The molecule has 0 fully saturated rings. The van der Waals surface area contributed by atoms with Gasteiger partial charge in [-0.3, -0.25) is 4.98 Å². The minimum atomic E-state index is -1.67. The predicted octanol–water partition coefficient (Wildman–Crippen LogP) is 2.50. The lowest BCUT2D eigenvalue weighted by molar-refractivity contribution is 0.254. The zero-order valence-electron chi connectivity index (χ0n) is 8.69. The van der Waals surface area contributed by atoms with Gasteiger partial charge in [-0.1, -0.05) is 6.07 Å². The molecule has 0 aromatic carbocycles. The fourth-order valence-corrected chi connectivity index (χ4v) is 1.95. The molecule has 14 heavy (non-hydrogen) atoms. The number of hydrogen-bond donors (Lipinski definition) is 0. The Hall–Kier alpha value is -1.18. The van der Waals surface area contributed by atoms with E-state index < -0.39 is 14.4 Å². The second-order valence-corrected chi connectivity index (χ2v) is 8.49. The van der Waals surface area contributed by atoms with Gasteiger partial charge in [0.1, 0.15) is 0 Å². The molecule has 0 spiro atoms. The maximum absolute atomic E-state index is 8.96. The van der Waals surface area contributed by atoms with Crippen molar-refractivity contribution in [3.05, 3.63) is 30.1 Å². The highest BCUT2D eigenvalue weighted by Crippen LogP contribution is 2.20. The van der Waals surface area contributed by atoms with Gasteiger partial charge in [0.25, 0.3) is 0 Å². The van der Waals surface area contributed by atoms with Gasteiger partial charge < -0.3 is 4.43 Å². The van der Waals surface area contributed by atoms with Crippen LogP contribution in [-0.2, 0) is 4.43 Å². The van der Waals surface area contributed by atoms with E-state index in [1.54, 1.807) is 12.4 Å². The molecule has 0 bridgehead atoms. The van der Waals surface area contributed by atoms with Crippen LogP contribution in [0.15, 0.2) is 24.5 Å². The number of nitrogens with zero attached hydrogens (tertiary/aromatic N) is 2. The zero-order chi connectivity index (χ0) is 10.6. The van der Waals surface area contributed by atoms with Crippen LogP contribution >= 0.6 is 0 Å². The van der Waals surface area contributed by atoms with Gasteiger partial charge in [0, 0.05) is 18.0 Å². The number of nitriles is 1. The largest absolute Gasteiger partial charge is 0.399 e. The normalized spacial score (nSPS) is 13.3. The molecule has 0 amide bonds. The third kappa shape index (κ3) is 3.28. The van der Waals surface area contributed by atoms with Gasteiger partial charge in [-0.25, -0.2) is 0 Å². The molecule has 1 rings (SSSR count). The third-order valence-electron chi connectivity index (χ3n) is 1.58. The van der Waals surface area contributed by atoms with Crippen LogP contribution in [-0.4, -0.2) is 13.3 Å². The van der Waals surface area contributed by atoms with E-state index >= 15 is 0 Å². The molecule has 74 valence electrons. The Morgan fingerprint density at radius 2 is 2.21 bits per heavy atom. The lowest BCUT2D eigenvalue weighted by atomic mass is 10.2. The first-order valence-electron chi connectivity index (χ1n) is 4.50. The van der Waals surface area contributed by atoms with Gasteiger partial charge in [-0.05, 0) is 25.7 Å². The molecule has 0 aliphatic heterocycles. The first kappa shape index (κ1) is 10.9. The van der Waals surface area contributed by atoms with Crippen LogP contribution < -0.4 is 0 Å². The van der Waals surface area contributed by atoms with E-state index in [0.29, 0.717) is 0 Å². The molecule has 0 saturated carbocycles. The topological polar surface area (TPSA) is 45.9 Å². The Morgan fingerprint density at radius 3 is 2.64 bits per heavy atom. The summed E-state index contributed by atoms with van der Waals surface area (Å²) in [5, 5.41) is 8.96. The average Bonchev–Trinajstić information content (AvgIpc) is 2.14. The van der Waals surface area contributed by atoms with Gasteiger partial charge in [-0.15, -0.1) is 0 Å². The summed E-state index contributed by atoms with van der Waals surface area (Å²) in [7, 11) is -1.67. The molecule has 1 atom stereocenters. The number of pyridine rings is 1. The van der Waals surface area contributed by atoms with Crippen LogP contribution in [0.1, 0.15) is 11.7 Å². The van der Waals surface area contributed by atoms with Crippen molar-refractivity contribution in [2.75, 3.05) is 0 Å². The lowest BCUT2D eigenvalue weighted by Crippen LogP contribution is -2.27. The molecule has 1 aromatic heterocycles. The van der Waals surface area contributed by atoms with Crippen LogP contribution in [0.4, 0.5) is 0 Å². The summed E-state index contributed by atoms with van der Waals surface area (Å²) in [6.45, 7) is 6.19. The van der Waals surface area contributed by atoms with E-state index in [1.165, 1.54) is 0 Å². The van der Waals surface area contributed by atoms with Gasteiger partial charge in [-0.2, -0.15) is 5.26 Å². The Morgan fingerprint density at radius 1 is 1.50 bits per heavy atom. The number of rotatable bonds is 3. The highest BCUT2D eigenvalue weighted by atomic mass is 28.4. The van der Waals surface area contributed by atoms with Crippen molar-refractivity contribution in [2.24, 2.45) is 0 Å². The monoisotopic (exact) mass is 206 g/mol. The maximum Gasteiger partial charge on any atom is 0.186 e. The lowest BCUT2D eigenvalue weighted by Gasteiger charge is -2.21. The van der Waals surface area contributed by atoms with Crippen molar-refractivity contribution < 1.29 is 4.43 Å². The van der Waals surface area contributed by atoms with E-state index in [9.17, 15) is 0 Å². The first-order valence-corrected chi connectivity index (χ1v) is 7.91. The molecule has 0 radical (unpaired) electrons. The summed E-state index contributed by atoms with van der Waals surface area (Å²) in [5.41, 5.74) is 0.831. The molecule has 0 aliphatic rings. The molecule has 0 aliphatic carbocycles. The van der Waals surface area contributed by atoms with Crippen LogP contribution in [0.3, 0.4) is 0 Å². The molecular weight excluding hydrogens is 192 g/mol. The quantitative estimate of drug-likeness (QED) is 0.714. The van der Waals surface area contributed by atoms with Crippen molar-refractivity contribution >= 4 is 8.32 Å². The van der Waals surface area contributed by atoms with Gasteiger partial charge in [0.2, 0.25) is 0 Å². The van der Waals surface area contributed by atoms with E-state index in [1.807, 2.05) is 12.1 Å². The predicted molar refractivity (Wildman–Crippen MR) is 57.0 cm³/mol. The second kappa shape index (κ2) is 4.36. The maximum atomic E-state index is 8.96. The molecule has 4 heteroatoms. The summed E-state index contributed by atoms with van der Waals surface area (Å²) >= 11 is 0. The minimum Gasteiger partial charge on any atom is -0.399 e. The fourth-order valence-electron chi connectivity index (χ4n) is 1.05. The molecule has 1 unspecified atom stereocenters. The summed E-state index contributed by atoms with van der Waals surface area (Å²) < 4.78 is 5.71. The van der Waals surface area contributed by atoms with E-state index in [0.717, 1.165) is 5.56 Å². The van der Waals surface area contributed by atoms with Crippen molar-refractivity contribution in [1.82, 2.24) is 4.98 Å². The highest BCUT2D eigenvalue weighted by molar-refractivity contribution is 6.69. The van der Waals surface area contributed by atoms with Gasteiger partial charge in [0.05, 0.1) is 6.07 Å². The summed E-state index contributed by atoms with van der Waals surface area (Å²) in [4.78, 5) is 3.97. The third-order valence-corrected chi connectivity index (χ3v) is 2.52. The molecule has 0 N–H and O–H groups in total. The second-order valence-electron chi connectivity index (χ2n) is 4.03. The van der Waals surface area contributed by atoms with Crippen molar-refractivity contribution in [1.29, 1.82) is 5.26 Å². The van der Waals surface area contributed by atoms with Crippen LogP contribution in [0, 0.1) is 11.3 Å². The molecule has 1 aromatic rings. The number of aromatic nitrogens is 1. The highest BCUT2D eigenvalue weighted by Gasteiger charge is 2.21. The fraction of sp³-hybridized carbons (Fsp3) is 0.400. The Balaban J connectivity index is 2.80. The first-order chi connectivity index (χ1) is 6.53. The van der Waals surface area contributed by atoms with Crippen molar-refractivity contribution in [3.63, 3.8) is 0 Å². The van der Waals surface area contributed by atoms with Crippen molar-refractivity contribution in [3.8, 4) is 6.07 Å². The van der Waals surface area contributed by atoms with E-state index in [4.69, 9.17) is 9.69 Å². The Bertz CT molecular complexity index is 326. The Kier molecular flexibility index (Phi) is 3.39. The van der Waals surface area contributed by atoms with E-state index in [-0.39, 0.29) is 0 Å².